The van der Waals surface area contributed by atoms with E-state index in [2.05, 4.69) is 20.4 Å². The molecule has 3 aromatic heterocycles. The van der Waals surface area contributed by atoms with Crippen molar-refractivity contribution in [1.82, 2.24) is 15.1 Å². The molecule has 0 atom stereocenters. The summed E-state index contributed by atoms with van der Waals surface area (Å²) in [5.41, 5.74) is 1.56. The van der Waals surface area contributed by atoms with E-state index in [4.69, 9.17) is 4.52 Å². The molecule has 25 heavy (non-hydrogen) atoms. The third-order valence-corrected chi connectivity index (χ3v) is 4.93. The van der Waals surface area contributed by atoms with Crippen LogP contribution < -0.4 is 5.32 Å². The first-order valence-corrected chi connectivity index (χ1v) is 9.17. The molecule has 0 radical (unpaired) electrons. The van der Waals surface area contributed by atoms with Crippen molar-refractivity contribution in [2.24, 2.45) is 0 Å². The lowest BCUT2D eigenvalue weighted by molar-refractivity contribution is 0.100. The SMILES string of the molecule is CC(=O)c1csc(NC(=O)c2cccnc2SCc2cc(C)on2)n1. The maximum atomic E-state index is 12.5. The van der Waals surface area contributed by atoms with Gasteiger partial charge >= 0.3 is 0 Å². The summed E-state index contributed by atoms with van der Waals surface area (Å²) in [7, 11) is 0. The van der Waals surface area contributed by atoms with Gasteiger partial charge in [0, 0.05) is 30.3 Å². The number of hydrogen-bond donors (Lipinski definition) is 1. The van der Waals surface area contributed by atoms with Crippen molar-refractivity contribution in [1.29, 1.82) is 0 Å². The summed E-state index contributed by atoms with van der Waals surface area (Å²) in [6, 6.07) is 5.23. The quantitative estimate of drug-likeness (QED) is 0.520. The van der Waals surface area contributed by atoms with E-state index in [1.807, 2.05) is 13.0 Å². The highest BCUT2D eigenvalue weighted by Crippen LogP contribution is 2.25. The van der Waals surface area contributed by atoms with E-state index in [0.29, 0.717) is 27.2 Å². The minimum Gasteiger partial charge on any atom is -0.361 e. The predicted octanol–water partition coefficient (Wildman–Crippen LogP) is 3.58. The minimum atomic E-state index is -0.323. The van der Waals surface area contributed by atoms with Crippen LogP contribution in [0, 0.1) is 6.92 Å². The molecule has 0 aromatic carbocycles. The first kappa shape index (κ1) is 17.3. The molecule has 3 heterocycles. The maximum Gasteiger partial charge on any atom is 0.260 e. The van der Waals surface area contributed by atoms with Gasteiger partial charge in [-0.2, -0.15) is 0 Å². The summed E-state index contributed by atoms with van der Waals surface area (Å²) in [5.74, 6) is 0.814. The van der Waals surface area contributed by atoms with E-state index in [9.17, 15) is 9.59 Å². The van der Waals surface area contributed by atoms with Gasteiger partial charge in [0.15, 0.2) is 10.9 Å². The van der Waals surface area contributed by atoms with Gasteiger partial charge in [0.1, 0.15) is 16.5 Å². The molecule has 0 saturated heterocycles. The molecule has 0 aliphatic rings. The van der Waals surface area contributed by atoms with Crippen molar-refractivity contribution in [2.75, 3.05) is 5.32 Å². The molecule has 3 rings (SSSR count). The molecule has 1 amide bonds. The largest absolute Gasteiger partial charge is 0.361 e. The minimum absolute atomic E-state index is 0.141. The Labute approximate surface area is 151 Å². The Morgan fingerprint density at radius 3 is 2.92 bits per heavy atom. The highest BCUT2D eigenvalue weighted by molar-refractivity contribution is 7.98. The van der Waals surface area contributed by atoms with Gasteiger partial charge in [0.2, 0.25) is 0 Å². The zero-order valence-electron chi connectivity index (χ0n) is 13.5. The molecule has 0 unspecified atom stereocenters. The van der Waals surface area contributed by atoms with Gasteiger partial charge in [-0.25, -0.2) is 9.97 Å². The first-order valence-electron chi connectivity index (χ1n) is 7.31. The third-order valence-electron chi connectivity index (χ3n) is 3.13. The molecule has 9 heteroatoms. The first-order chi connectivity index (χ1) is 12.0. The zero-order valence-corrected chi connectivity index (χ0v) is 15.1. The van der Waals surface area contributed by atoms with Crippen LogP contribution in [0.15, 0.2) is 39.3 Å². The Morgan fingerprint density at radius 2 is 2.24 bits per heavy atom. The standard InChI is InChI=1S/C16H14N4O3S2/c1-9-6-11(20-23-9)7-24-15-12(4-3-5-17-15)14(22)19-16-18-13(8-25-16)10(2)21/h3-6,8H,7H2,1-2H3,(H,18,19,22). The molecule has 0 spiro atoms. The maximum absolute atomic E-state index is 12.5. The molecule has 0 bridgehead atoms. The fourth-order valence-electron chi connectivity index (χ4n) is 1.96. The van der Waals surface area contributed by atoms with Crippen molar-refractivity contribution in [2.45, 2.75) is 24.6 Å². The number of carbonyl (C=O) groups excluding carboxylic acids is 2. The number of ketones is 1. The van der Waals surface area contributed by atoms with Crippen LogP contribution in [0.4, 0.5) is 5.13 Å². The number of carbonyl (C=O) groups is 2. The zero-order chi connectivity index (χ0) is 17.8. The van der Waals surface area contributed by atoms with Crippen molar-refractivity contribution >= 4 is 39.9 Å². The summed E-state index contributed by atoms with van der Waals surface area (Å²) in [6.45, 7) is 3.26. The molecule has 3 aromatic rings. The lowest BCUT2D eigenvalue weighted by atomic mass is 10.3. The van der Waals surface area contributed by atoms with E-state index in [0.717, 1.165) is 11.5 Å². The van der Waals surface area contributed by atoms with E-state index >= 15 is 0 Å². The number of thioether (sulfide) groups is 1. The van der Waals surface area contributed by atoms with Crippen LogP contribution in [-0.2, 0) is 5.75 Å². The molecule has 128 valence electrons. The highest BCUT2D eigenvalue weighted by atomic mass is 32.2. The second-order valence-electron chi connectivity index (χ2n) is 5.12. The number of nitrogens with zero attached hydrogens (tertiary/aromatic N) is 3. The van der Waals surface area contributed by atoms with Crippen LogP contribution in [0.3, 0.4) is 0 Å². The van der Waals surface area contributed by atoms with Gasteiger partial charge in [-0.1, -0.05) is 16.9 Å². The fraction of sp³-hybridized carbons (Fsp3) is 0.188. The molecule has 7 nitrogen and oxygen atoms in total. The third kappa shape index (κ3) is 4.31. The lowest BCUT2D eigenvalue weighted by Gasteiger charge is -2.06. The van der Waals surface area contributed by atoms with Crippen LogP contribution in [0.25, 0.3) is 0 Å². The second kappa shape index (κ2) is 7.58. The fourth-order valence-corrected chi connectivity index (χ4v) is 3.58. The molecule has 0 aliphatic carbocycles. The number of thiazole rings is 1. The Balaban J connectivity index is 1.72. The van der Waals surface area contributed by atoms with E-state index in [1.165, 1.54) is 30.0 Å². The van der Waals surface area contributed by atoms with Gasteiger partial charge in [0.25, 0.3) is 5.91 Å². The van der Waals surface area contributed by atoms with Crippen LogP contribution in [0.5, 0.6) is 0 Å². The summed E-state index contributed by atoms with van der Waals surface area (Å²) >= 11 is 2.60. The highest BCUT2D eigenvalue weighted by Gasteiger charge is 2.16. The van der Waals surface area contributed by atoms with Gasteiger partial charge in [-0.3, -0.25) is 14.9 Å². The number of rotatable bonds is 6. The van der Waals surface area contributed by atoms with E-state index in [-0.39, 0.29) is 11.7 Å². The van der Waals surface area contributed by atoms with Crippen LogP contribution in [0.2, 0.25) is 0 Å². The monoisotopic (exact) mass is 374 g/mol. The van der Waals surface area contributed by atoms with Gasteiger partial charge in [-0.05, 0) is 19.1 Å². The van der Waals surface area contributed by atoms with Gasteiger partial charge < -0.3 is 4.52 Å². The average Bonchev–Trinajstić information content (AvgIpc) is 3.22. The molecule has 0 fully saturated rings. The van der Waals surface area contributed by atoms with Gasteiger partial charge in [-0.15, -0.1) is 11.3 Å². The summed E-state index contributed by atoms with van der Waals surface area (Å²) < 4.78 is 5.03. The number of hydrogen-bond acceptors (Lipinski definition) is 8. The normalized spacial score (nSPS) is 10.6. The number of aromatic nitrogens is 3. The van der Waals surface area contributed by atoms with Crippen molar-refractivity contribution in [3.8, 4) is 0 Å². The topological polar surface area (TPSA) is 98.0 Å². The van der Waals surface area contributed by atoms with Crippen LogP contribution >= 0.6 is 23.1 Å². The summed E-state index contributed by atoms with van der Waals surface area (Å²) in [6.07, 6.45) is 1.63. The Morgan fingerprint density at radius 1 is 1.40 bits per heavy atom. The molecular weight excluding hydrogens is 360 g/mol. The van der Waals surface area contributed by atoms with E-state index in [1.54, 1.807) is 23.7 Å². The summed E-state index contributed by atoms with van der Waals surface area (Å²) in [5, 5.41) is 9.21. The molecule has 0 aliphatic heterocycles. The second-order valence-corrected chi connectivity index (χ2v) is 6.94. The summed E-state index contributed by atoms with van der Waals surface area (Å²) in [4.78, 5) is 32.2. The number of pyridine rings is 1. The molecule has 1 N–H and O–H groups in total. The molecule has 0 saturated carbocycles. The smallest absolute Gasteiger partial charge is 0.260 e. The molecular formula is C16H14N4O3S2. The number of aryl methyl sites for hydroxylation is 1. The number of amides is 1. The number of anilines is 1. The predicted molar refractivity (Wildman–Crippen MR) is 95.1 cm³/mol. The van der Waals surface area contributed by atoms with Crippen LogP contribution in [0.1, 0.15) is 39.2 Å². The van der Waals surface area contributed by atoms with Crippen molar-refractivity contribution < 1.29 is 14.1 Å². The Bertz CT molecular complexity index is 920. The average molecular weight is 374 g/mol. The van der Waals surface area contributed by atoms with Crippen molar-refractivity contribution in [3.05, 3.63) is 52.5 Å². The lowest BCUT2D eigenvalue weighted by Crippen LogP contribution is -2.13. The van der Waals surface area contributed by atoms with Gasteiger partial charge in [0.05, 0.1) is 11.3 Å². The number of Topliss-reactive ketones (excluding diaryl/α,β-unsaturated/α-hetero) is 1. The Kier molecular flexibility index (Phi) is 5.25. The van der Waals surface area contributed by atoms with Crippen LogP contribution in [-0.4, -0.2) is 26.8 Å². The Hall–Kier alpha value is -2.52. The van der Waals surface area contributed by atoms with E-state index < -0.39 is 0 Å². The number of nitrogens with one attached hydrogen (secondary N) is 1. The van der Waals surface area contributed by atoms with Crippen molar-refractivity contribution in [3.63, 3.8) is 0 Å².